The van der Waals surface area contributed by atoms with Crippen molar-refractivity contribution in [1.29, 1.82) is 0 Å². The van der Waals surface area contributed by atoms with E-state index in [1.165, 1.54) is 5.57 Å². The topological polar surface area (TPSA) is 57.2 Å². The first kappa shape index (κ1) is 13.0. The number of fused-ring (bicyclic) bond motifs is 4. The van der Waals surface area contributed by atoms with Gasteiger partial charge in [-0.2, -0.15) is 0 Å². The third kappa shape index (κ3) is 1.96. The number of hydrogen-bond donors (Lipinski definition) is 1. The van der Waals surface area contributed by atoms with Crippen LogP contribution in [-0.4, -0.2) is 17.1 Å². The minimum atomic E-state index is -0.406. The monoisotopic (exact) mass is 292 g/mol. The lowest BCUT2D eigenvalue weighted by atomic mass is 10.00. The predicted molar refractivity (Wildman–Crippen MR) is 87.0 cm³/mol. The first-order valence-electron chi connectivity index (χ1n) is 7.38. The lowest BCUT2D eigenvalue weighted by Crippen LogP contribution is -2.10. The molecule has 4 rings (SSSR count). The number of primary amides is 1. The summed E-state index contributed by atoms with van der Waals surface area (Å²) in [5.41, 5.74) is 9.25. The fraction of sp³-hybridized carbons (Fsp3) is 0.167. The van der Waals surface area contributed by atoms with Crippen LogP contribution in [0.5, 0.6) is 0 Å². The highest BCUT2D eigenvalue weighted by Crippen LogP contribution is 2.34. The summed E-state index contributed by atoms with van der Waals surface area (Å²) in [6.07, 6.45) is 10.1. The van der Waals surface area contributed by atoms with Crippen molar-refractivity contribution in [1.82, 2.24) is 4.57 Å². The quantitative estimate of drug-likeness (QED) is 0.876. The Labute approximate surface area is 128 Å². The van der Waals surface area contributed by atoms with Crippen LogP contribution in [0.2, 0.25) is 0 Å². The van der Waals surface area contributed by atoms with Crippen LogP contribution < -0.4 is 5.73 Å². The summed E-state index contributed by atoms with van der Waals surface area (Å²) in [5, 5.41) is 1.09. The molecule has 0 fully saturated rings. The van der Waals surface area contributed by atoms with Gasteiger partial charge in [0.15, 0.2) is 0 Å². The van der Waals surface area contributed by atoms with Gasteiger partial charge in [-0.15, -0.1) is 0 Å². The molecule has 0 radical (unpaired) electrons. The Morgan fingerprint density at radius 1 is 1.23 bits per heavy atom. The maximum absolute atomic E-state index is 11.4. The fourth-order valence-corrected chi connectivity index (χ4v) is 3.09. The molecule has 22 heavy (non-hydrogen) atoms. The van der Waals surface area contributed by atoms with E-state index in [-0.39, 0.29) is 0 Å². The molecule has 2 heterocycles. The summed E-state index contributed by atoms with van der Waals surface area (Å²) in [5.74, 6) is 0.533. The number of amides is 1. The molecule has 4 heteroatoms. The molecule has 1 aromatic heterocycles. The molecule has 0 unspecified atom stereocenters. The molecular weight excluding hydrogens is 276 g/mol. The number of nitrogens with two attached hydrogens (primary N) is 1. The smallest absolute Gasteiger partial charge is 0.248 e. The summed E-state index contributed by atoms with van der Waals surface area (Å²) in [6.45, 7) is 0.539. The van der Waals surface area contributed by atoms with Crippen molar-refractivity contribution in [3.63, 3.8) is 0 Å². The molecule has 1 amide bonds. The fourth-order valence-electron chi connectivity index (χ4n) is 3.09. The number of carbonyl (C=O) groups excluding carboxylic acids is 1. The molecule has 0 saturated heterocycles. The Morgan fingerprint density at radius 2 is 2.14 bits per heavy atom. The summed E-state index contributed by atoms with van der Waals surface area (Å²) < 4.78 is 7.94. The van der Waals surface area contributed by atoms with E-state index >= 15 is 0 Å². The SMILES string of the molecule is NC(=O)c1ccc2cc3n(c2c1)/C=C\COC1=C3CCC=C1. The van der Waals surface area contributed by atoms with Crippen molar-refractivity contribution in [2.24, 2.45) is 5.73 Å². The lowest BCUT2D eigenvalue weighted by Gasteiger charge is -2.19. The van der Waals surface area contributed by atoms with Gasteiger partial charge in [0.25, 0.3) is 0 Å². The van der Waals surface area contributed by atoms with Gasteiger partial charge in [-0.1, -0.05) is 12.1 Å². The third-order valence-corrected chi connectivity index (χ3v) is 4.15. The van der Waals surface area contributed by atoms with Gasteiger partial charge in [0.2, 0.25) is 5.91 Å². The lowest BCUT2D eigenvalue weighted by molar-refractivity contribution is 0.100. The molecule has 0 spiro atoms. The second-order valence-electron chi connectivity index (χ2n) is 5.52. The van der Waals surface area contributed by atoms with Gasteiger partial charge < -0.3 is 15.0 Å². The van der Waals surface area contributed by atoms with Gasteiger partial charge in [0, 0.05) is 22.7 Å². The second kappa shape index (κ2) is 4.91. The molecule has 0 bridgehead atoms. The molecule has 110 valence electrons. The average molecular weight is 292 g/mol. The molecule has 4 nitrogen and oxygen atoms in total. The second-order valence-corrected chi connectivity index (χ2v) is 5.52. The largest absolute Gasteiger partial charge is 0.489 e. The van der Waals surface area contributed by atoms with E-state index in [4.69, 9.17) is 10.5 Å². The Balaban J connectivity index is 2.01. The standard InChI is InChI=1S/C18H16N2O2/c19-18(21)13-7-6-12-10-16-14-4-1-2-5-17(14)22-9-3-8-20(16)15(12)11-13/h2-3,5-8,10-11H,1,4,9H2,(H2,19,21)/b8-3-. The highest BCUT2D eigenvalue weighted by Gasteiger charge is 2.19. The van der Waals surface area contributed by atoms with Crippen LogP contribution in [-0.2, 0) is 4.74 Å². The van der Waals surface area contributed by atoms with Gasteiger partial charge in [0.1, 0.15) is 12.4 Å². The maximum atomic E-state index is 11.4. The number of rotatable bonds is 1. The van der Waals surface area contributed by atoms with Gasteiger partial charge in [-0.3, -0.25) is 4.79 Å². The minimum absolute atomic E-state index is 0.406. The average Bonchev–Trinajstić information content (AvgIpc) is 2.86. The van der Waals surface area contributed by atoms with E-state index in [2.05, 4.69) is 22.8 Å². The van der Waals surface area contributed by atoms with Crippen LogP contribution in [0.4, 0.5) is 0 Å². The Bertz CT molecular complexity index is 869. The number of hydrogen-bond acceptors (Lipinski definition) is 2. The van der Waals surface area contributed by atoms with Gasteiger partial charge in [-0.05, 0) is 43.2 Å². The van der Waals surface area contributed by atoms with Gasteiger partial charge in [-0.25, -0.2) is 0 Å². The maximum Gasteiger partial charge on any atom is 0.248 e. The van der Waals surface area contributed by atoms with E-state index in [1.54, 1.807) is 6.07 Å². The van der Waals surface area contributed by atoms with Crippen LogP contribution in [0.1, 0.15) is 28.9 Å². The predicted octanol–water partition coefficient (Wildman–Crippen LogP) is 3.30. The molecular formula is C18H16N2O2. The first-order valence-corrected chi connectivity index (χ1v) is 7.38. The van der Waals surface area contributed by atoms with E-state index in [1.807, 2.05) is 24.4 Å². The highest BCUT2D eigenvalue weighted by atomic mass is 16.5. The summed E-state index contributed by atoms with van der Waals surface area (Å²) in [7, 11) is 0. The third-order valence-electron chi connectivity index (χ3n) is 4.15. The Kier molecular flexibility index (Phi) is 2.89. The zero-order valence-electron chi connectivity index (χ0n) is 12.1. The van der Waals surface area contributed by atoms with Crippen LogP contribution in [0.15, 0.2) is 48.3 Å². The Morgan fingerprint density at radius 3 is 3.00 bits per heavy atom. The van der Waals surface area contributed by atoms with Gasteiger partial charge >= 0.3 is 0 Å². The summed E-state index contributed by atoms with van der Waals surface area (Å²) in [4.78, 5) is 11.4. The number of ether oxygens (including phenoxy) is 1. The van der Waals surface area contributed by atoms with Crippen molar-refractivity contribution in [3.05, 3.63) is 59.5 Å². The number of aromatic nitrogens is 1. The Hall–Kier alpha value is -2.75. The van der Waals surface area contributed by atoms with Crippen molar-refractivity contribution >= 4 is 28.6 Å². The van der Waals surface area contributed by atoms with Crippen molar-refractivity contribution in [3.8, 4) is 0 Å². The normalized spacial score (nSPS) is 18.2. The molecule has 2 N–H and O–H groups in total. The van der Waals surface area contributed by atoms with Crippen molar-refractivity contribution in [2.45, 2.75) is 12.8 Å². The van der Waals surface area contributed by atoms with Crippen LogP contribution in [0.25, 0.3) is 22.7 Å². The molecule has 1 aromatic carbocycles. The van der Waals surface area contributed by atoms with Crippen LogP contribution in [0.3, 0.4) is 0 Å². The molecule has 2 aromatic rings. The number of nitrogens with zero attached hydrogens (tertiary/aromatic N) is 1. The first-order chi connectivity index (χ1) is 10.7. The van der Waals surface area contributed by atoms with E-state index < -0.39 is 5.91 Å². The highest BCUT2D eigenvalue weighted by molar-refractivity contribution is 5.98. The summed E-state index contributed by atoms with van der Waals surface area (Å²) in [6, 6.07) is 7.72. The molecule has 0 saturated carbocycles. The van der Waals surface area contributed by atoms with Crippen molar-refractivity contribution < 1.29 is 9.53 Å². The minimum Gasteiger partial charge on any atom is -0.489 e. The molecule has 2 aliphatic rings. The number of allylic oxidation sites excluding steroid dienone is 3. The van der Waals surface area contributed by atoms with Gasteiger partial charge in [0.05, 0.1) is 11.2 Å². The van der Waals surface area contributed by atoms with Crippen LogP contribution in [0, 0.1) is 0 Å². The van der Waals surface area contributed by atoms with Crippen molar-refractivity contribution in [2.75, 3.05) is 6.61 Å². The zero-order valence-corrected chi connectivity index (χ0v) is 12.1. The van der Waals surface area contributed by atoms with E-state index in [9.17, 15) is 4.79 Å². The molecule has 1 aliphatic heterocycles. The van der Waals surface area contributed by atoms with E-state index in [0.717, 1.165) is 35.2 Å². The van der Waals surface area contributed by atoms with Crippen LogP contribution >= 0.6 is 0 Å². The molecule has 0 atom stereocenters. The van der Waals surface area contributed by atoms with E-state index in [0.29, 0.717) is 12.2 Å². The number of carbonyl (C=O) groups is 1. The zero-order chi connectivity index (χ0) is 15.1. The number of benzene rings is 1. The summed E-state index contributed by atoms with van der Waals surface area (Å²) >= 11 is 0. The molecule has 1 aliphatic carbocycles.